The first kappa shape index (κ1) is 14.0. The zero-order valence-corrected chi connectivity index (χ0v) is 11.3. The summed E-state index contributed by atoms with van der Waals surface area (Å²) in [7, 11) is 1.27. The van der Waals surface area contributed by atoms with Crippen molar-refractivity contribution in [2.45, 2.75) is 13.0 Å². The number of methoxy groups -OCH3 is 1. The molecule has 0 fully saturated rings. The lowest BCUT2D eigenvalue weighted by Gasteiger charge is -2.17. The molecule has 4 nitrogen and oxygen atoms in total. The average Bonchev–Trinajstić information content (AvgIpc) is 2.49. The summed E-state index contributed by atoms with van der Waals surface area (Å²) in [5.41, 5.74) is 1.66. The Balaban J connectivity index is 2.27. The number of benzene rings is 1. The smallest absolute Gasteiger partial charge is 0.340 e. The van der Waals surface area contributed by atoms with Crippen molar-refractivity contribution in [3.05, 3.63) is 59.7 Å². The van der Waals surface area contributed by atoms with Crippen molar-refractivity contribution in [1.82, 2.24) is 4.98 Å². The highest BCUT2D eigenvalue weighted by Crippen LogP contribution is 2.23. The molecule has 1 aromatic carbocycles. The van der Waals surface area contributed by atoms with Crippen LogP contribution < -0.4 is 5.32 Å². The number of rotatable bonds is 4. The number of nitrogens with zero attached hydrogens (tertiary/aromatic N) is 1. The van der Waals surface area contributed by atoms with Crippen LogP contribution in [0, 0.1) is 5.82 Å². The van der Waals surface area contributed by atoms with Gasteiger partial charge in [-0.2, -0.15) is 0 Å². The van der Waals surface area contributed by atoms with Crippen molar-refractivity contribution in [2.24, 2.45) is 0 Å². The Labute approximate surface area is 116 Å². The molecule has 0 radical (unpaired) electrons. The van der Waals surface area contributed by atoms with Crippen LogP contribution in [0.4, 0.5) is 10.1 Å². The quantitative estimate of drug-likeness (QED) is 0.870. The molecule has 0 aliphatic carbocycles. The van der Waals surface area contributed by atoms with E-state index in [1.807, 2.05) is 19.1 Å². The molecule has 0 spiro atoms. The van der Waals surface area contributed by atoms with Gasteiger partial charge in [-0.3, -0.25) is 4.98 Å². The summed E-state index contributed by atoms with van der Waals surface area (Å²) in [5, 5.41) is 3.16. The van der Waals surface area contributed by atoms with E-state index in [4.69, 9.17) is 0 Å². The first-order valence-corrected chi connectivity index (χ1v) is 6.16. The fourth-order valence-corrected chi connectivity index (χ4v) is 1.87. The fourth-order valence-electron chi connectivity index (χ4n) is 1.87. The van der Waals surface area contributed by atoms with Crippen LogP contribution in [-0.4, -0.2) is 18.1 Å². The molecule has 0 amide bonds. The second-order valence-electron chi connectivity index (χ2n) is 4.33. The van der Waals surface area contributed by atoms with Gasteiger partial charge >= 0.3 is 5.97 Å². The molecule has 0 bridgehead atoms. The number of esters is 1. The second kappa shape index (κ2) is 6.14. The summed E-state index contributed by atoms with van der Waals surface area (Å²) in [6, 6.07) is 7.66. The highest BCUT2D eigenvalue weighted by Gasteiger charge is 2.15. The minimum Gasteiger partial charge on any atom is -0.465 e. The number of anilines is 1. The van der Waals surface area contributed by atoms with E-state index in [-0.39, 0.29) is 11.6 Å². The van der Waals surface area contributed by atoms with E-state index >= 15 is 0 Å². The maximum Gasteiger partial charge on any atom is 0.340 e. The highest BCUT2D eigenvalue weighted by atomic mass is 19.1. The first-order valence-electron chi connectivity index (χ1n) is 6.16. The first-order chi connectivity index (χ1) is 9.61. The number of hydrogen-bond donors (Lipinski definition) is 1. The van der Waals surface area contributed by atoms with E-state index in [1.165, 1.54) is 19.2 Å². The molecule has 104 valence electrons. The van der Waals surface area contributed by atoms with Crippen LogP contribution in [0.3, 0.4) is 0 Å². The lowest BCUT2D eigenvalue weighted by Crippen LogP contribution is -2.12. The molecule has 1 heterocycles. The summed E-state index contributed by atoms with van der Waals surface area (Å²) in [4.78, 5) is 15.7. The Bertz CT molecular complexity index is 602. The van der Waals surface area contributed by atoms with Gasteiger partial charge in [0.15, 0.2) is 0 Å². The predicted molar refractivity (Wildman–Crippen MR) is 74.0 cm³/mol. The molecule has 5 heteroatoms. The summed E-state index contributed by atoms with van der Waals surface area (Å²) in [5.74, 6) is -1.06. The second-order valence-corrected chi connectivity index (χ2v) is 4.33. The highest BCUT2D eigenvalue weighted by molar-refractivity contribution is 5.95. The molecule has 2 aromatic rings. The van der Waals surface area contributed by atoms with Crippen molar-refractivity contribution in [3.8, 4) is 0 Å². The zero-order chi connectivity index (χ0) is 14.5. The third-order valence-electron chi connectivity index (χ3n) is 2.94. The predicted octanol–water partition coefficient (Wildman–Crippen LogP) is 3.18. The minimum absolute atomic E-state index is 0.0717. The van der Waals surface area contributed by atoms with E-state index in [0.29, 0.717) is 5.69 Å². The number of halogens is 1. The number of ether oxygens (including phenoxy) is 1. The van der Waals surface area contributed by atoms with Crippen LogP contribution >= 0.6 is 0 Å². The average molecular weight is 274 g/mol. The number of aromatic nitrogens is 1. The number of pyridine rings is 1. The third-order valence-corrected chi connectivity index (χ3v) is 2.94. The Morgan fingerprint density at radius 1 is 1.40 bits per heavy atom. The summed E-state index contributed by atoms with van der Waals surface area (Å²) >= 11 is 0. The summed E-state index contributed by atoms with van der Waals surface area (Å²) in [6.07, 6.45) is 3.42. The van der Waals surface area contributed by atoms with Crippen molar-refractivity contribution < 1.29 is 13.9 Å². The lowest BCUT2D eigenvalue weighted by atomic mass is 10.1. The van der Waals surface area contributed by atoms with Crippen molar-refractivity contribution in [3.63, 3.8) is 0 Å². The molecule has 1 N–H and O–H groups in total. The van der Waals surface area contributed by atoms with Gasteiger partial charge in [0.1, 0.15) is 5.82 Å². The molecule has 20 heavy (non-hydrogen) atoms. The van der Waals surface area contributed by atoms with Crippen LogP contribution in [0.5, 0.6) is 0 Å². The summed E-state index contributed by atoms with van der Waals surface area (Å²) < 4.78 is 17.9. The lowest BCUT2D eigenvalue weighted by molar-refractivity contribution is 0.0601. The number of nitrogens with one attached hydrogen (secondary N) is 1. The summed E-state index contributed by atoms with van der Waals surface area (Å²) in [6.45, 7) is 1.93. The number of hydrogen-bond acceptors (Lipinski definition) is 4. The van der Waals surface area contributed by atoms with E-state index in [9.17, 15) is 9.18 Å². The van der Waals surface area contributed by atoms with Gasteiger partial charge in [0.2, 0.25) is 0 Å². The standard InChI is InChI=1S/C15H15FN2O2/c1-10(11-4-3-7-17-9-11)18-14-6-5-12(16)8-13(14)15(19)20-2/h3-10,18H,1-2H3. The Kier molecular flexibility index (Phi) is 4.30. The molecule has 2 rings (SSSR count). The molecule has 0 aliphatic heterocycles. The molecule has 1 unspecified atom stereocenters. The van der Waals surface area contributed by atoms with Crippen LogP contribution in [0.1, 0.15) is 28.9 Å². The maximum absolute atomic E-state index is 13.3. The van der Waals surface area contributed by atoms with Gasteiger partial charge in [0.05, 0.1) is 18.7 Å². The monoisotopic (exact) mass is 274 g/mol. The molecule has 1 atom stereocenters. The van der Waals surface area contributed by atoms with E-state index in [1.54, 1.807) is 12.4 Å². The minimum atomic E-state index is -0.578. The number of carbonyl (C=O) groups excluding carboxylic acids is 1. The van der Waals surface area contributed by atoms with Crippen LogP contribution in [0.2, 0.25) is 0 Å². The SMILES string of the molecule is COC(=O)c1cc(F)ccc1NC(C)c1cccnc1. The molecule has 0 saturated carbocycles. The van der Waals surface area contributed by atoms with Gasteiger partial charge in [-0.15, -0.1) is 0 Å². The Hall–Kier alpha value is -2.43. The Morgan fingerprint density at radius 2 is 2.20 bits per heavy atom. The molecular weight excluding hydrogens is 259 g/mol. The fraction of sp³-hybridized carbons (Fsp3) is 0.200. The van der Waals surface area contributed by atoms with Gasteiger partial charge in [-0.05, 0) is 36.8 Å². The van der Waals surface area contributed by atoms with Gasteiger partial charge in [0.25, 0.3) is 0 Å². The Morgan fingerprint density at radius 3 is 2.85 bits per heavy atom. The van der Waals surface area contributed by atoms with Crippen LogP contribution in [-0.2, 0) is 4.74 Å². The third kappa shape index (κ3) is 3.12. The number of carbonyl (C=O) groups is 1. The van der Waals surface area contributed by atoms with E-state index in [0.717, 1.165) is 11.6 Å². The molecule has 1 aromatic heterocycles. The van der Waals surface area contributed by atoms with E-state index in [2.05, 4.69) is 15.0 Å². The largest absolute Gasteiger partial charge is 0.465 e. The molecule has 0 saturated heterocycles. The van der Waals surface area contributed by atoms with Crippen LogP contribution in [0.15, 0.2) is 42.7 Å². The van der Waals surface area contributed by atoms with Crippen molar-refractivity contribution >= 4 is 11.7 Å². The van der Waals surface area contributed by atoms with Gasteiger partial charge < -0.3 is 10.1 Å². The zero-order valence-electron chi connectivity index (χ0n) is 11.3. The topological polar surface area (TPSA) is 51.2 Å². The van der Waals surface area contributed by atoms with Crippen LogP contribution in [0.25, 0.3) is 0 Å². The molecule has 0 aliphatic rings. The molecular formula is C15H15FN2O2. The van der Waals surface area contributed by atoms with E-state index < -0.39 is 11.8 Å². The van der Waals surface area contributed by atoms with Gasteiger partial charge in [-0.25, -0.2) is 9.18 Å². The van der Waals surface area contributed by atoms with Gasteiger partial charge in [-0.1, -0.05) is 6.07 Å². The normalized spacial score (nSPS) is 11.8. The van der Waals surface area contributed by atoms with Gasteiger partial charge in [0, 0.05) is 18.1 Å². The van der Waals surface area contributed by atoms with Crippen molar-refractivity contribution in [2.75, 3.05) is 12.4 Å². The van der Waals surface area contributed by atoms with Crippen molar-refractivity contribution in [1.29, 1.82) is 0 Å². The maximum atomic E-state index is 13.3.